The quantitative estimate of drug-likeness (QED) is 0.404. The van der Waals surface area contributed by atoms with Crippen LogP contribution in [0.15, 0.2) is 0 Å². The molecule has 0 amide bonds. The first kappa shape index (κ1) is 13.4. The molecule has 0 aliphatic rings. The van der Waals surface area contributed by atoms with E-state index in [1.807, 2.05) is 6.92 Å². The maximum Gasteiger partial charge on any atom is 0.303 e. The number of aliphatic hydroxyl groups excluding tert-OH is 2. The van der Waals surface area contributed by atoms with Crippen molar-refractivity contribution in [1.29, 1.82) is 0 Å². The molecule has 0 saturated heterocycles. The van der Waals surface area contributed by atoms with Crippen molar-refractivity contribution < 1.29 is 20.1 Å². The summed E-state index contributed by atoms with van der Waals surface area (Å²) in [5, 5.41) is 29.5. The third-order valence-electron chi connectivity index (χ3n) is 2.35. The van der Waals surface area contributed by atoms with Crippen molar-refractivity contribution in [3.8, 4) is 0 Å². The van der Waals surface area contributed by atoms with Gasteiger partial charge in [0.1, 0.15) is 0 Å². The van der Waals surface area contributed by atoms with Crippen molar-refractivity contribution in [2.24, 2.45) is 0 Å². The first-order chi connectivity index (χ1) is 6.60. The molecule has 5 nitrogen and oxygen atoms in total. The summed E-state index contributed by atoms with van der Waals surface area (Å²) in [6.07, 6.45) is 1.20. The number of hydrogen-bond acceptors (Lipinski definition) is 4. The number of carbonyl (C=O) groups is 1. The molecule has 5 heteroatoms. The molecule has 0 bridgehead atoms. The second-order valence-electron chi connectivity index (χ2n) is 3.37. The third kappa shape index (κ3) is 4.55. The van der Waals surface area contributed by atoms with Gasteiger partial charge in [-0.2, -0.15) is 0 Å². The highest BCUT2D eigenvalue weighted by Crippen LogP contribution is 2.08. The van der Waals surface area contributed by atoms with Crippen molar-refractivity contribution >= 4 is 5.97 Å². The molecule has 0 atom stereocenters. The van der Waals surface area contributed by atoms with E-state index in [-0.39, 0.29) is 19.6 Å². The molecule has 0 radical (unpaired) electrons. The van der Waals surface area contributed by atoms with E-state index in [1.54, 1.807) is 0 Å². The predicted octanol–water partition coefficient (Wildman–Crippen LogP) is -0.426. The molecule has 0 unspecified atom stereocenters. The van der Waals surface area contributed by atoms with E-state index in [0.717, 1.165) is 0 Å². The summed E-state index contributed by atoms with van der Waals surface area (Å²) < 4.78 is 0. The number of carboxylic acid groups (broad SMARTS) is 1. The topological polar surface area (TPSA) is 89.8 Å². The van der Waals surface area contributed by atoms with Crippen LogP contribution in [0.4, 0.5) is 0 Å². The average molecular weight is 205 g/mol. The smallest absolute Gasteiger partial charge is 0.303 e. The van der Waals surface area contributed by atoms with Gasteiger partial charge in [-0.25, -0.2) is 0 Å². The number of aliphatic carboxylic acids is 1. The Kier molecular flexibility index (Phi) is 6.44. The van der Waals surface area contributed by atoms with E-state index in [0.29, 0.717) is 19.4 Å². The summed E-state index contributed by atoms with van der Waals surface area (Å²) in [6.45, 7) is 2.05. The normalized spacial score (nSPS) is 11.6. The molecule has 0 rings (SSSR count). The van der Waals surface area contributed by atoms with Crippen LogP contribution in [-0.4, -0.2) is 46.6 Å². The Bertz CT molecular complexity index is 160. The van der Waals surface area contributed by atoms with Crippen LogP contribution in [0, 0.1) is 0 Å². The molecule has 0 aromatic carbocycles. The predicted molar refractivity (Wildman–Crippen MR) is 52.1 cm³/mol. The summed E-state index contributed by atoms with van der Waals surface area (Å²) in [5.74, 6) is -0.832. The van der Waals surface area contributed by atoms with Gasteiger partial charge in [0, 0.05) is 6.42 Å². The Labute approximate surface area is 83.8 Å². The van der Waals surface area contributed by atoms with Crippen molar-refractivity contribution in [2.45, 2.75) is 31.7 Å². The van der Waals surface area contributed by atoms with E-state index in [9.17, 15) is 4.79 Å². The van der Waals surface area contributed by atoms with Gasteiger partial charge in [0.2, 0.25) is 0 Å². The van der Waals surface area contributed by atoms with Gasteiger partial charge in [0.25, 0.3) is 0 Å². The van der Waals surface area contributed by atoms with Crippen LogP contribution in [0.1, 0.15) is 26.2 Å². The van der Waals surface area contributed by atoms with Crippen molar-refractivity contribution in [1.82, 2.24) is 5.32 Å². The van der Waals surface area contributed by atoms with E-state index in [4.69, 9.17) is 15.3 Å². The zero-order valence-corrected chi connectivity index (χ0v) is 8.49. The maximum absolute atomic E-state index is 10.2. The summed E-state index contributed by atoms with van der Waals surface area (Å²) >= 11 is 0. The minimum absolute atomic E-state index is 0.101. The summed E-state index contributed by atoms with van der Waals surface area (Å²) in [4.78, 5) is 10.2. The molecule has 14 heavy (non-hydrogen) atoms. The molecule has 4 N–H and O–H groups in total. The fourth-order valence-electron chi connectivity index (χ4n) is 1.10. The van der Waals surface area contributed by atoms with E-state index in [1.165, 1.54) is 0 Å². The van der Waals surface area contributed by atoms with Crippen LogP contribution in [-0.2, 0) is 4.79 Å². The van der Waals surface area contributed by atoms with Gasteiger partial charge in [-0.15, -0.1) is 0 Å². The maximum atomic E-state index is 10.2. The molecule has 0 aromatic heterocycles. The van der Waals surface area contributed by atoms with E-state index in [2.05, 4.69) is 5.32 Å². The lowest BCUT2D eigenvalue weighted by Gasteiger charge is -2.29. The highest BCUT2D eigenvalue weighted by molar-refractivity contribution is 5.66. The summed E-state index contributed by atoms with van der Waals surface area (Å²) in [5.41, 5.74) is -0.668. The monoisotopic (exact) mass is 205 g/mol. The largest absolute Gasteiger partial charge is 0.481 e. The molecule has 0 saturated carbocycles. The van der Waals surface area contributed by atoms with Gasteiger partial charge in [0.15, 0.2) is 0 Å². The molecule has 0 aromatic rings. The van der Waals surface area contributed by atoms with Crippen LogP contribution >= 0.6 is 0 Å². The van der Waals surface area contributed by atoms with E-state index >= 15 is 0 Å². The van der Waals surface area contributed by atoms with Crippen LogP contribution in [0.5, 0.6) is 0 Å². The lowest BCUT2D eigenvalue weighted by atomic mass is 9.98. The van der Waals surface area contributed by atoms with Crippen LogP contribution in [0.25, 0.3) is 0 Å². The first-order valence-electron chi connectivity index (χ1n) is 4.79. The third-order valence-corrected chi connectivity index (χ3v) is 2.35. The number of hydrogen-bond donors (Lipinski definition) is 4. The highest BCUT2D eigenvalue weighted by Gasteiger charge is 2.25. The van der Waals surface area contributed by atoms with Gasteiger partial charge >= 0.3 is 5.97 Å². The van der Waals surface area contributed by atoms with Gasteiger partial charge in [-0.1, -0.05) is 6.92 Å². The lowest BCUT2D eigenvalue weighted by Crippen LogP contribution is -2.51. The van der Waals surface area contributed by atoms with Gasteiger partial charge in [-0.3, -0.25) is 4.79 Å². The van der Waals surface area contributed by atoms with Crippen molar-refractivity contribution in [3.63, 3.8) is 0 Å². The Morgan fingerprint density at radius 3 is 2.29 bits per heavy atom. The molecule has 0 heterocycles. The molecular weight excluding hydrogens is 186 g/mol. The summed E-state index contributed by atoms with van der Waals surface area (Å²) in [6, 6.07) is 0. The number of aliphatic hydroxyl groups is 2. The first-order valence-corrected chi connectivity index (χ1v) is 4.79. The fourth-order valence-corrected chi connectivity index (χ4v) is 1.10. The van der Waals surface area contributed by atoms with Crippen LogP contribution in [0.3, 0.4) is 0 Å². The minimum Gasteiger partial charge on any atom is -0.481 e. The van der Waals surface area contributed by atoms with Gasteiger partial charge < -0.3 is 20.6 Å². The Hall–Kier alpha value is -0.650. The highest BCUT2D eigenvalue weighted by atomic mass is 16.4. The molecular formula is C9H19NO4. The number of rotatable bonds is 8. The van der Waals surface area contributed by atoms with Crippen LogP contribution < -0.4 is 5.32 Å². The minimum atomic E-state index is -0.832. The fraction of sp³-hybridized carbons (Fsp3) is 0.889. The van der Waals surface area contributed by atoms with Crippen molar-refractivity contribution in [2.75, 3.05) is 19.8 Å². The van der Waals surface area contributed by atoms with E-state index < -0.39 is 11.5 Å². The SMILES string of the molecule is CCC(CO)(CO)NCCCC(=O)O. The zero-order valence-electron chi connectivity index (χ0n) is 8.49. The Morgan fingerprint density at radius 2 is 1.93 bits per heavy atom. The molecule has 0 fully saturated rings. The Balaban J connectivity index is 3.77. The van der Waals surface area contributed by atoms with Gasteiger partial charge in [0.05, 0.1) is 18.8 Å². The lowest BCUT2D eigenvalue weighted by molar-refractivity contribution is -0.137. The number of nitrogens with one attached hydrogen (secondary N) is 1. The van der Waals surface area contributed by atoms with Crippen LogP contribution in [0.2, 0.25) is 0 Å². The summed E-state index contributed by atoms with van der Waals surface area (Å²) in [7, 11) is 0. The molecule has 84 valence electrons. The Morgan fingerprint density at radius 1 is 1.36 bits per heavy atom. The molecule has 0 aliphatic heterocycles. The molecule has 0 aliphatic carbocycles. The van der Waals surface area contributed by atoms with Gasteiger partial charge in [-0.05, 0) is 19.4 Å². The molecule has 0 spiro atoms. The number of carboxylic acids is 1. The van der Waals surface area contributed by atoms with Crippen molar-refractivity contribution in [3.05, 3.63) is 0 Å². The average Bonchev–Trinajstić information content (AvgIpc) is 2.19. The zero-order chi connectivity index (χ0) is 11.0. The standard InChI is InChI=1S/C9H19NO4/c1-2-9(6-11,7-12)10-5-3-4-8(13)14/h10-12H,2-7H2,1H3,(H,13,14). The second kappa shape index (κ2) is 6.75. The second-order valence-corrected chi connectivity index (χ2v) is 3.37.